The van der Waals surface area contributed by atoms with Crippen LogP contribution in [0.4, 0.5) is 24.0 Å². The van der Waals surface area contributed by atoms with Crippen molar-refractivity contribution in [1.82, 2.24) is 20.1 Å². The first-order valence-corrected chi connectivity index (χ1v) is 11.3. The van der Waals surface area contributed by atoms with Gasteiger partial charge in [-0.2, -0.15) is 18.3 Å². The molecule has 1 amide bonds. The number of H-pyrrole nitrogens is 1. The summed E-state index contributed by atoms with van der Waals surface area (Å²) < 4.78 is 43.9. The number of aromatic nitrogens is 3. The van der Waals surface area contributed by atoms with E-state index < -0.39 is 11.1 Å². The van der Waals surface area contributed by atoms with E-state index in [0.29, 0.717) is 53.7 Å². The van der Waals surface area contributed by atoms with E-state index in [1.54, 1.807) is 18.9 Å². The molecule has 1 atom stereocenters. The molecule has 0 radical (unpaired) electrons. The van der Waals surface area contributed by atoms with Gasteiger partial charge in [-0.15, -0.1) is 0 Å². The molecule has 3 heterocycles. The highest BCUT2D eigenvalue weighted by molar-refractivity contribution is 7.15. The molecule has 1 fully saturated rings. The van der Waals surface area contributed by atoms with Gasteiger partial charge in [0, 0.05) is 37.8 Å². The van der Waals surface area contributed by atoms with E-state index in [2.05, 4.69) is 20.5 Å². The van der Waals surface area contributed by atoms with Crippen molar-refractivity contribution in [1.29, 1.82) is 0 Å². The number of carbonyl (C=O) groups excluding carboxylic acids is 1. The summed E-state index contributed by atoms with van der Waals surface area (Å²) in [6.45, 7) is 4.78. The first-order valence-electron chi connectivity index (χ1n) is 10.5. The molecule has 0 aromatic carbocycles. The summed E-state index contributed by atoms with van der Waals surface area (Å²) in [5, 5.41) is 9.60. The molecule has 9 nitrogen and oxygen atoms in total. The molecule has 3 rings (SSSR count). The first-order chi connectivity index (χ1) is 15.6. The molecule has 0 saturated carbocycles. The van der Waals surface area contributed by atoms with Crippen molar-refractivity contribution in [2.45, 2.75) is 44.9 Å². The number of ether oxygens (including phenoxy) is 1. The summed E-state index contributed by atoms with van der Waals surface area (Å²) in [7, 11) is 1.71. The fourth-order valence-electron chi connectivity index (χ4n) is 3.53. The van der Waals surface area contributed by atoms with Crippen LogP contribution in [0.1, 0.15) is 30.2 Å². The van der Waals surface area contributed by atoms with Gasteiger partial charge in [0.15, 0.2) is 5.13 Å². The highest BCUT2D eigenvalue weighted by Crippen LogP contribution is 2.37. The van der Waals surface area contributed by atoms with Gasteiger partial charge in [-0.1, -0.05) is 11.3 Å². The normalized spacial score (nSPS) is 16.0. The van der Waals surface area contributed by atoms with E-state index in [9.17, 15) is 22.8 Å². The number of anilines is 2. The average molecular weight is 489 g/mol. The molecule has 1 aliphatic rings. The number of rotatable bonds is 8. The predicted molar refractivity (Wildman–Crippen MR) is 119 cm³/mol. The zero-order chi connectivity index (χ0) is 24.2. The molecule has 0 bridgehead atoms. The number of hydrogen-bond donors (Lipinski definition) is 2. The van der Waals surface area contributed by atoms with E-state index in [-0.39, 0.29) is 36.8 Å². The lowest BCUT2D eigenvalue weighted by atomic mass is 10.0. The Hall–Kier alpha value is -2.67. The fraction of sp³-hybridized carbons (Fsp3) is 0.600. The number of alkyl halides is 3. The van der Waals surface area contributed by atoms with Crippen molar-refractivity contribution in [3.05, 3.63) is 33.2 Å². The van der Waals surface area contributed by atoms with Gasteiger partial charge in [0.25, 0.3) is 5.56 Å². The quantitative estimate of drug-likeness (QED) is 0.589. The lowest BCUT2D eigenvalue weighted by Gasteiger charge is -2.36. The molecule has 1 saturated heterocycles. The summed E-state index contributed by atoms with van der Waals surface area (Å²) >= 11 is 0.638. The lowest BCUT2D eigenvalue weighted by Crippen LogP contribution is -2.46. The molecule has 0 unspecified atom stereocenters. The van der Waals surface area contributed by atoms with Gasteiger partial charge in [-0.05, 0) is 26.7 Å². The number of nitrogens with zero attached hydrogens (tertiary/aromatic N) is 4. The van der Waals surface area contributed by atoms with Gasteiger partial charge in [0.05, 0.1) is 24.7 Å². The van der Waals surface area contributed by atoms with Gasteiger partial charge < -0.3 is 19.9 Å². The lowest BCUT2D eigenvalue weighted by molar-refractivity contribution is -0.137. The molecule has 13 heteroatoms. The molecule has 33 heavy (non-hydrogen) atoms. The van der Waals surface area contributed by atoms with Gasteiger partial charge in [-0.3, -0.25) is 9.59 Å². The van der Waals surface area contributed by atoms with Gasteiger partial charge in [0.2, 0.25) is 5.91 Å². The summed E-state index contributed by atoms with van der Waals surface area (Å²) in [5.74, 6) is -0.164. The highest BCUT2D eigenvalue weighted by atomic mass is 32.1. The largest absolute Gasteiger partial charge is 0.427 e. The SMILES string of the molecule is Cc1c(N[C@@H](C)COCC(=O)N(C)C2CCN(c3ncc(C(F)(F)F)s3)CC2)cn[nH]c1=O. The van der Waals surface area contributed by atoms with Crippen LogP contribution in [0.25, 0.3) is 0 Å². The number of likely N-dealkylation sites (N-methyl/N-ethyl adjacent to an activating group) is 1. The van der Waals surface area contributed by atoms with Crippen molar-refractivity contribution in [3.63, 3.8) is 0 Å². The van der Waals surface area contributed by atoms with Crippen molar-refractivity contribution in [2.75, 3.05) is 43.6 Å². The number of aromatic amines is 1. The van der Waals surface area contributed by atoms with Crippen molar-refractivity contribution < 1.29 is 22.7 Å². The maximum absolute atomic E-state index is 12.8. The smallest absolute Gasteiger partial charge is 0.379 e. The first kappa shape index (κ1) is 25.0. The third-order valence-electron chi connectivity index (χ3n) is 5.55. The van der Waals surface area contributed by atoms with E-state index in [4.69, 9.17) is 4.74 Å². The Balaban J connectivity index is 1.41. The minimum Gasteiger partial charge on any atom is -0.379 e. The number of carbonyl (C=O) groups is 1. The summed E-state index contributed by atoms with van der Waals surface area (Å²) in [5.41, 5.74) is 0.852. The Kier molecular flexibility index (Phi) is 7.95. The molecule has 0 aliphatic carbocycles. The number of piperidine rings is 1. The zero-order valence-corrected chi connectivity index (χ0v) is 19.4. The van der Waals surface area contributed by atoms with Crippen LogP contribution >= 0.6 is 11.3 Å². The summed E-state index contributed by atoms with van der Waals surface area (Å²) in [4.78, 5) is 30.8. The van der Waals surface area contributed by atoms with Crippen LogP contribution < -0.4 is 15.8 Å². The Bertz CT molecular complexity index is 1000. The van der Waals surface area contributed by atoms with Crippen LogP contribution in [0.15, 0.2) is 17.2 Å². The van der Waals surface area contributed by atoms with Crippen molar-refractivity contribution in [2.24, 2.45) is 0 Å². The van der Waals surface area contributed by atoms with Gasteiger partial charge in [-0.25, -0.2) is 10.1 Å². The Morgan fingerprint density at radius 1 is 1.39 bits per heavy atom. The van der Waals surface area contributed by atoms with Crippen LogP contribution in [-0.4, -0.2) is 71.4 Å². The number of nitrogens with one attached hydrogen (secondary N) is 2. The van der Waals surface area contributed by atoms with Crippen molar-refractivity contribution in [3.8, 4) is 0 Å². The molecular formula is C20H27F3N6O3S. The second-order valence-electron chi connectivity index (χ2n) is 8.03. The molecule has 182 valence electrons. The van der Waals surface area contributed by atoms with E-state index in [0.717, 1.165) is 6.20 Å². The zero-order valence-electron chi connectivity index (χ0n) is 18.6. The third-order valence-corrected chi connectivity index (χ3v) is 6.65. The molecule has 2 N–H and O–H groups in total. The second kappa shape index (κ2) is 10.5. The monoisotopic (exact) mass is 488 g/mol. The van der Waals surface area contributed by atoms with Crippen LogP contribution in [0.3, 0.4) is 0 Å². The standard InChI is InChI=1S/C20H27F3N6O3S/c1-12(26-15-8-25-27-18(31)13(15)2)10-32-11-17(30)28(3)14-4-6-29(7-5-14)19-24-9-16(33-19)20(21,22)23/h8-9,12,14H,4-7,10-11H2,1-3H3,(H2,26,27,31)/t12-/m0/s1. The van der Waals surface area contributed by atoms with Crippen LogP contribution in [0.2, 0.25) is 0 Å². The number of halogens is 3. The van der Waals surface area contributed by atoms with E-state index in [1.807, 2.05) is 11.8 Å². The molecule has 2 aromatic rings. The summed E-state index contributed by atoms with van der Waals surface area (Å²) in [6, 6.07) is -0.159. The average Bonchev–Trinajstić information content (AvgIpc) is 3.27. The molecule has 0 spiro atoms. The van der Waals surface area contributed by atoms with Crippen LogP contribution in [-0.2, 0) is 15.7 Å². The molecule has 2 aromatic heterocycles. The number of hydrogen-bond acceptors (Lipinski definition) is 8. The Morgan fingerprint density at radius 3 is 2.73 bits per heavy atom. The molecular weight excluding hydrogens is 461 g/mol. The van der Waals surface area contributed by atoms with Gasteiger partial charge >= 0.3 is 6.18 Å². The maximum Gasteiger partial charge on any atom is 0.427 e. The Labute approximate surface area is 192 Å². The maximum atomic E-state index is 12.8. The van der Waals surface area contributed by atoms with E-state index >= 15 is 0 Å². The predicted octanol–water partition coefficient (Wildman–Crippen LogP) is 2.50. The van der Waals surface area contributed by atoms with Crippen molar-refractivity contribution >= 4 is 28.1 Å². The highest BCUT2D eigenvalue weighted by Gasteiger charge is 2.34. The fourth-order valence-corrected chi connectivity index (χ4v) is 4.36. The number of amides is 1. The Morgan fingerprint density at radius 2 is 2.09 bits per heavy atom. The van der Waals surface area contributed by atoms with E-state index in [1.165, 1.54) is 6.20 Å². The topological polar surface area (TPSA) is 103 Å². The molecule has 1 aliphatic heterocycles. The number of thiazole rings is 1. The van der Waals surface area contributed by atoms with Crippen LogP contribution in [0.5, 0.6) is 0 Å². The summed E-state index contributed by atoms with van der Waals surface area (Å²) in [6.07, 6.45) is -0.731. The second-order valence-corrected chi connectivity index (χ2v) is 9.04. The minimum atomic E-state index is -4.39. The van der Waals surface area contributed by atoms with Crippen LogP contribution in [0, 0.1) is 6.92 Å². The van der Waals surface area contributed by atoms with Gasteiger partial charge in [0.1, 0.15) is 11.5 Å². The third kappa shape index (κ3) is 6.44. The minimum absolute atomic E-state index is 0.0142.